The van der Waals surface area contributed by atoms with Crippen LogP contribution in [0.15, 0.2) is 0 Å². The quantitative estimate of drug-likeness (QED) is 0.211. The van der Waals surface area contributed by atoms with Crippen LogP contribution in [0.4, 0.5) is 0 Å². The third-order valence-corrected chi connectivity index (χ3v) is 0.183. The minimum atomic E-state index is -1.82. The van der Waals surface area contributed by atoms with E-state index in [-0.39, 0.29) is 0 Å². The highest BCUT2D eigenvalue weighted by molar-refractivity contribution is 6.27. The molecule has 0 aromatic carbocycles. The van der Waals surface area contributed by atoms with E-state index in [4.69, 9.17) is 25.1 Å². The molecular weight excluding hydrogens is 128 g/mol. The summed E-state index contributed by atoms with van der Waals surface area (Å²) in [6.45, 7) is 0. The summed E-state index contributed by atoms with van der Waals surface area (Å²) in [7, 11) is 0. The molecular formula is C3H4N2O4. The second kappa shape index (κ2) is 6.23. The van der Waals surface area contributed by atoms with Gasteiger partial charge in [-0.25, -0.2) is 9.59 Å². The molecule has 0 aliphatic heterocycles. The molecule has 0 spiro atoms. The van der Waals surface area contributed by atoms with Gasteiger partial charge in [-0.3, -0.25) is 0 Å². The molecule has 0 rings (SSSR count). The summed E-state index contributed by atoms with van der Waals surface area (Å²) in [6.07, 6.45) is 1.25. The van der Waals surface area contributed by atoms with Crippen LogP contribution in [0.5, 0.6) is 0 Å². The molecule has 0 aliphatic rings. The van der Waals surface area contributed by atoms with Crippen molar-refractivity contribution in [1.29, 1.82) is 5.26 Å². The van der Waals surface area contributed by atoms with Gasteiger partial charge in [-0.15, -0.1) is 0 Å². The summed E-state index contributed by atoms with van der Waals surface area (Å²) < 4.78 is 0. The third-order valence-electron chi connectivity index (χ3n) is 0.183. The molecule has 50 valence electrons. The summed E-state index contributed by atoms with van der Waals surface area (Å²) in [4.78, 5) is 18.2. The standard InChI is InChI=1S/C2H2O4.CH2N2/c3-1(4)2(5)6;2-1-3/h(H,3,4)(H,5,6);2H2. The van der Waals surface area contributed by atoms with E-state index >= 15 is 0 Å². The van der Waals surface area contributed by atoms with Crippen molar-refractivity contribution in [2.75, 3.05) is 0 Å². The van der Waals surface area contributed by atoms with Crippen LogP contribution < -0.4 is 5.73 Å². The molecule has 0 aromatic heterocycles. The Balaban J connectivity index is 0. The number of carbonyl (C=O) groups is 2. The van der Waals surface area contributed by atoms with Gasteiger partial charge in [-0.05, 0) is 0 Å². The molecule has 0 radical (unpaired) electrons. The molecule has 4 N–H and O–H groups in total. The van der Waals surface area contributed by atoms with Crippen LogP contribution in [0.1, 0.15) is 0 Å². The van der Waals surface area contributed by atoms with E-state index in [1.807, 2.05) is 0 Å². The lowest BCUT2D eigenvalue weighted by atomic mass is 10.7. The number of hydrogen-bond acceptors (Lipinski definition) is 4. The Labute approximate surface area is 50.1 Å². The highest BCUT2D eigenvalue weighted by Gasteiger charge is 2.04. The van der Waals surface area contributed by atoms with Crippen LogP contribution >= 0.6 is 0 Å². The van der Waals surface area contributed by atoms with Crippen molar-refractivity contribution in [2.24, 2.45) is 5.73 Å². The van der Waals surface area contributed by atoms with Crippen molar-refractivity contribution < 1.29 is 19.8 Å². The Hall–Kier alpha value is -1.77. The number of carboxylic acids is 2. The monoisotopic (exact) mass is 132 g/mol. The first-order valence-corrected chi connectivity index (χ1v) is 1.62. The SMILES string of the molecule is N#CN.O=C(O)C(=O)O. The van der Waals surface area contributed by atoms with Gasteiger partial charge < -0.3 is 15.9 Å². The lowest BCUT2D eigenvalue weighted by molar-refractivity contribution is -0.159. The van der Waals surface area contributed by atoms with E-state index in [9.17, 15) is 0 Å². The number of nitriles is 1. The summed E-state index contributed by atoms with van der Waals surface area (Å²) >= 11 is 0. The Morgan fingerprint density at radius 2 is 1.44 bits per heavy atom. The Bertz CT molecular complexity index is 134. The maximum atomic E-state index is 9.10. The zero-order valence-corrected chi connectivity index (χ0v) is 4.24. The van der Waals surface area contributed by atoms with Crippen LogP contribution in [0.25, 0.3) is 0 Å². The molecule has 0 amide bonds. The van der Waals surface area contributed by atoms with Gasteiger partial charge in [0.2, 0.25) is 0 Å². The summed E-state index contributed by atoms with van der Waals surface area (Å²) in [6, 6.07) is 0. The second-order valence-electron chi connectivity index (χ2n) is 0.739. The van der Waals surface area contributed by atoms with Crippen molar-refractivity contribution in [3.8, 4) is 6.19 Å². The fourth-order valence-electron chi connectivity index (χ4n) is 0. The predicted octanol–water partition coefficient (Wildman–Crippen LogP) is -1.42. The normalized spacial score (nSPS) is 5.67. The number of nitrogens with zero attached hydrogens (tertiary/aromatic N) is 1. The maximum Gasteiger partial charge on any atom is 0.414 e. The molecule has 0 atom stereocenters. The van der Waals surface area contributed by atoms with Crippen LogP contribution in [-0.2, 0) is 9.59 Å². The van der Waals surface area contributed by atoms with Gasteiger partial charge in [0, 0.05) is 0 Å². The maximum absolute atomic E-state index is 9.10. The van der Waals surface area contributed by atoms with Crippen LogP contribution in [0.2, 0.25) is 0 Å². The summed E-state index contributed by atoms with van der Waals surface area (Å²) in [5, 5.41) is 21.9. The minimum Gasteiger partial charge on any atom is -0.473 e. The number of aliphatic carboxylic acids is 2. The zero-order chi connectivity index (χ0) is 7.86. The van der Waals surface area contributed by atoms with E-state index in [2.05, 4.69) is 5.73 Å². The van der Waals surface area contributed by atoms with Crippen molar-refractivity contribution in [2.45, 2.75) is 0 Å². The molecule has 6 heteroatoms. The van der Waals surface area contributed by atoms with Crippen LogP contribution in [-0.4, -0.2) is 22.2 Å². The van der Waals surface area contributed by atoms with Gasteiger partial charge in [0.1, 0.15) is 0 Å². The van der Waals surface area contributed by atoms with E-state index in [0.29, 0.717) is 0 Å². The number of hydrogen-bond donors (Lipinski definition) is 3. The average Bonchev–Trinajstić information content (AvgIpc) is 1.68. The molecule has 0 saturated heterocycles. The highest BCUT2D eigenvalue weighted by atomic mass is 16.4. The van der Waals surface area contributed by atoms with Gasteiger partial charge in [0.15, 0.2) is 6.19 Å². The second-order valence-corrected chi connectivity index (χ2v) is 0.739. The lowest BCUT2D eigenvalue weighted by Crippen LogP contribution is -2.09. The predicted molar refractivity (Wildman–Crippen MR) is 25.1 cm³/mol. The Kier molecular flexibility index (Phi) is 7.10. The Morgan fingerprint density at radius 3 is 1.44 bits per heavy atom. The largest absolute Gasteiger partial charge is 0.473 e. The average molecular weight is 132 g/mol. The molecule has 0 unspecified atom stereocenters. The van der Waals surface area contributed by atoms with E-state index in [1.54, 1.807) is 0 Å². The first kappa shape index (κ1) is 10.3. The van der Waals surface area contributed by atoms with Gasteiger partial charge in [-0.2, -0.15) is 5.26 Å². The first-order valence-electron chi connectivity index (χ1n) is 1.62. The molecule has 6 nitrogen and oxygen atoms in total. The molecule has 0 saturated carbocycles. The van der Waals surface area contributed by atoms with Crippen molar-refractivity contribution in [1.82, 2.24) is 0 Å². The van der Waals surface area contributed by atoms with Gasteiger partial charge in [0.05, 0.1) is 0 Å². The van der Waals surface area contributed by atoms with Crippen LogP contribution in [0, 0.1) is 11.5 Å². The van der Waals surface area contributed by atoms with Crippen molar-refractivity contribution >= 4 is 11.9 Å². The molecule has 0 heterocycles. The molecule has 0 fully saturated rings. The van der Waals surface area contributed by atoms with E-state index < -0.39 is 11.9 Å². The molecule has 0 aliphatic carbocycles. The molecule has 0 bridgehead atoms. The highest BCUT2D eigenvalue weighted by Crippen LogP contribution is 1.56. The summed E-state index contributed by atoms with van der Waals surface area (Å²) in [5.74, 6) is -3.65. The molecule has 0 aromatic rings. The topological polar surface area (TPSA) is 124 Å². The first-order chi connectivity index (χ1) is 4.06. The van der Waals surface area contributed by atoms with Crippen LogP contribution in [0.3, 0.4) is 0 Å². The zero-order valence-electron chi connectivity index (χ0n) is 4.24. The third kappa shape index (κ3) is 22.4. The number of nitrogens with two attached hydrogens (primary N) is 1. The number of rotatable bonds is 0. The van der Waals surface area contributed by atoms with Crippen molar-refractivity contribution in [3.05, 3.63) is 0 Å². The number of carboxylic acid groups (broad SMARTS) is 2. The fraction of sp³-hybridized carbons (Fsp3) is 0. The summed E-state index contributed by atoms with van der Waals surface area (Å²) in [5.41, 5.74) is 4.15. The fourth-order valence-corrected chi connectivity index (χ4v) is 0. The van der Waals surface area contributed by atoms with E-state index in [0.717, 1.165) is 0 Å². The van der Waals surface area contributed by atoms with Gasteiger partial charge in [0.25, 0.3) is 0 Å². The minimum absolute atomic E-state index is 1.25. The Morgan fingerprint density at radius 1 is 1.33 bits per heavy atom. The smallest absolute Gasteiger partial charge is 0.414 e. The molecule has 9 heavy (non-hydrogen) atoms. The van der Waals surface area contributed by atoms with Crippen molar-refractivity contribution in [3.63, 3.8) is 0 Å². The van der Waals surface area contributed by atoms with Gasteiger partial charge >= 0.3 is 11.9 Å². The van der Waals surface area contributed by atoms with E-state index in [1.165, 1.54) is 6.19 Å². The lowest BCUT2D eigenvalue weighted by Gasteiger charge is -1.72. The van der Waals surface area contributed by atoms with Gasteiger partial charge in [-0.1, -0.05) is 0 Å².